The molecule has 2 aromatic heterocycles. The van der Waals surface area contributed by atoms with Crippen LogP contribution in [0.3, 0.4) is 0 Å². The van der Waals surface area contributed by atoms with Crippen LogP contribution in [-0.2, 0) is 7.05 Å². The van der Waals surface area contributed by atoms with Gasteiger partial charge in [0.1, 0.15) is 5.82 Å². The largest absolute Gasteiger partial charge is 0.374 e. The molecule has 0 bridgehead atoms. The van der Waals surface area contributed by atoms with Crippen LogP contribution in [0, 0.1) is 5.82 Å². The highest BCUT2D eigenvalue weighted by Crippen LogP contribution is 2.25. The average Bonchev–Trinajstić information content (AvgIpc) is 2.97. The second-order valence-electron chi connectivity index (χ2n) is 5.47. The molecule has 0 atom stereocenters. The van der Waals surface area contributed by atoms with E-state index in [0.717, 1.165) is 34.4 Å². The molecular formula is C18H19FN4S. The number of hydrogen-bond acceptors (Lipinski definition) is 4. The van der Waals surface area contributed by atoms with E-state index in [0.29, 0.717) is 0 Å². The van der Waals surface area contributed by atoms with E-state index in [4.69, 9.17) is 0 Å². The summed E-state index contributed by atoms with van der Waals surface area (Å²) in [5.41, 5.74) is 3.10. The summed E-state index contributed by atoms with van der Waals surface area (Å²) in [6.07, 6.45) is 5.43. The van der Waals surface area contributed by atoms with Gasteiger partial charge in [0.05, 0.1) is 11.9 Å². The monoisotopic (exact) mass is 342 g/mol. The molecule has 24 heavy (non-hydrogen) atoms. The smallest absolute Gasteiger partial charge is 0.168 e. The van der Waals surface area contributed by atoms with Crippen LogP contribution in [-0.4, -0.2) is 33.9 Å². The maximum absolute atomic E-state index is 13.1. The van der Waals surface area contributed by atoms with Gasteiger partial charge in [-0.25, -0.2) is 9.37 Å². The first kappa shape index (κ1) is 16.5. The maximum atomic E-state index is 13.1. The standard InChI is InChI=1S/C18H19FN4S/c1-22(16-7-9-20-10-8-16)11-12-24-18-21-13-17(23(18)2)14-3-5-15(19)6-4-14/h3-10,13H,11-12H2,1-2H3. The number of halogens is 1. The Hall–Kier alpha value is -2.34. The van der Waals surface area contributed by atoms with Crippen LogP contribution in [0.1, 0.15) is 0 Å². The molecule has 6 heteroatoms. The minimum absolute atomic E-state index is 0.227. The van der Waals surface area contributed by atoms with Crippen molar-refractivity contribution >= 4 is 17.4 Å². The van der Waals surface area contributed by atoms with Crippen molar-refractivity contribution in [3.8, 4) is 11.3 Å². The predicted molar refractivity (Wildman–Crippen MR) is 96.8 cm³/mol. The lowest BCUT2D eigenvalue weighted by Crippen LogP contribution is -2.20. The molecule has 0 spiro atoms. The first-order valence-corrected chi connectivity index (χ1v) is 8.65. The van der Waals surface area contributed by atoms with Crippen molar-refractivity contribution in [1.82, 2.24) is 14.5 Å². The van der Waals surface area contributed by atoms with Gasteiger partial charge in [0.25, 0.3) is 0 Å². The highest BCUT2D eigenvalue weighted by atomic mass is 32.2. The van der Waals surface area contributed by atoms with Crippen molar-refractivity contribution in [3.63, 3.8) is 0 Å². The molecule has 1 aromatic carbocycles. The van der Waals surface area contributed by atoms with Gasteiger partial charge in [-0.2, -0.15) is 0 Å². The minimum Gasteiger partial charge on any atom is -0.374 e. The van der Waals surface area contributed by atoms with Gasteiger partial charge in [-0.05, 0) is 42.0 Å². The number of anilines is 1. The molecule has 0 aliphatic carbocycles. The number of pyridine rings is 1. The van der Waals surface area contributed by atoms with Gasteiger partial charge in [0.15, 0.2) is 5.16 Å². The summed E-state index contributed by atoms with van der Waals surface area (Å²) in [5.74, 6) is 0.696. The fraction of sp³-hybridized carbons (Fsp3) is 0.222. The second kappa shape index (κ2) is 7.49. The summed E-state index contributed by atoms with van der Waals surface area (Å²) in [7, 11) is 4.05. The Bertz CT molecular complexity index is 787. The van der Waals surface area contributed by atoms with E-state index >= 15 is 0 Å². The minimum atomic E-state index is -0.227. The molecule has 3 rings (SSSR count). The number of rotatable bonds is 6. The topological polar surface area (TPSA) is 34.0 Å². The summed E-state index contributed by atoms with van der Waals surface area (Å²) < 4.78 is 15.1. The first-order chi connectivity index (χ1) is 11.6. The van der Waals surface area contributed by atoms with Crippen molar-refractivity contribution in [1.29, 1.82) is 0 Å². The molecule has 0 amide bonds. The summed E-state index contributed by atoms with van der Waals surface area (Å²) in [5, 5.41) is 0.956. The molecule has 0 unspecified atom stereocenters. The summed E-state index contributed by atoms with van der Waals surface area (Å²) in [6.45, 7) is 0.910. The summed E-state index contributed by atoms with van der Waals surface area (Å²) in [6, 6.07) is 10.5. The van der Waals surface area contributed by atoms with Gasteiger partial charge in [-0.1, -0.05) is 11.8 Å². The highest BCUT2D eigenvalue weighted by Gasteiger charge is 2.10. The molecule has 0 saturated heterocycles. The highest BCUT2D eigenvalue weighted by molar-refractivity contribution is 7.99. The number of imidazole rings is 1. The van der Waals surface area contributed by atoms with E-state index in [1.165, 1.54) is 12.1 Å². The number of aromatic nitrogens is 3. The Balaban J connectivity index is 1.61. The molecule has 0 N–H and O–H groups in total. The predicted octanol–water partition coefficient (Wildman–Crippen LogP) is 3.85. The molecule has 0 saturated carbocycles. The van der Waals surface area contributed by atoms with Gasteiger partial charge >= 0.3 is 0 Å². The molecule has 0 radical (unpaired) electrons. The molecule has 124 valence electrons. The third-order valence-electron chi connectivity index (χ3n) is 3.85. The molecule has 0 fully saturated rings. The van der Waals surface area contributed by atoms with Crippen molar-refractivity contribution in [3.05, 3.63) is 60.8 Å². The van der Waals surface area contributed by atoms with Crippen molar-refractivity contribution in [2.45, 2.75) is 5.16 Å². The van der Waals surface area contributed by atoms with Gasteiger partial charge in [0.2, 0.25) is 0 Å². The molecule has 0 aliphatic heterocycles. The SMILES string of the molecule is CN(CCSc1ncc(-c2ccc(F)cc2)n1C)c1ccncc1. The van der Waals surface area contributed by atoms with Gasteiger partial charge in [-0.3, -0.25) is 4.98 Å². The zero-order chi connectivity index (χ0) is 16.9. The molecule has 2 heterocycles. The lowest BCUT2D eigenvalue weighted by atomic mass is 10.2. The van der Waals surface area contributed by atoms with E-state index in [1.54, 1.807) is 36.3 Å². The van der Waals surface area contributed by atoms with E-state index in [9.17, 15) is 4.39 Å². The fourth-order valence-corrected chi connectivity index (χ4v) is 3.38. The third-order valence-corrected chi connectivity index (χ3v) is 4.87. The van der Waals surface area contributed by atoms with Crippen molar-refractivity contribution in [2.24, 2.45) is 7.05 Å². The average molecular weight is 342 g/mol. The first-order valence-electron chi connectivity index (χ1n) is 7.67. The maximum Gasteiger partial charge on any atom is 0.168 e. The lowest BCUT2D eigenvalue weighted by Gasteiger charge is -2.18. The lowest BCUT2D eigenvalue weighted by molar-refractivity contribution is 0.628. The van der Waals surface area contributed by atoms with Gasteiger partial charge < -0.3 is 9.47 Å². The van der Waals surface area contributed by atoms with Crippen LogP contribution in [0.2, 0.25) is 0 Å². The number of hydrogen-bond donors (Lipinski definition) is 0. The number of nitrogens with zero attached hydrogens (tertiary/aromatic N) is 4. The normalized spacial score (nSPS) is 10.8. The molecule has 4 nitrogen and oxygen atoms in total. The molecule has 0 aliphatic rings. The van der Waals surface area contributed by atoms with Gasteiger partial charge in [0, 0.05) is 44.5 Å². The molecular weight excluding hydrogens is 323 g/mol. The Morgan fingerprint density at radius 3 is 2.54 bits per heavy atom. The van der Waals surface area contributed by atoms with Crippen LogP contribution in [0.25, 0.3) is 11.3 Å². The zero-order valence-electron chi connectivity index (χ0n) is 13.7. The number of benzene rings is 1. The van der Waals surface area contributed by atoms with Gasteiger partial charge in [-0.15, -0.1) is 0 Å². The van der Waals surface area contributed by atoms with E-state index < -0.39 is 0 Å². The quantitative estimate of drug-likeness (QED) is 0.637. The second-order valence-corrected chi connectivity index (χ2v) is 6.53. The zero-order valence-corrected chi connectivity index (χ0v) is 14.5. The van der Waals surface area contributed by atoms with E-state index in [1.807, 2.05) is 29.9 Å². The third kappa shape index (κ3) is 3.76. The van der Waals surface area contributed by atoms with Crippen LogP contribution in [0.15, 0.2) is 60.1 Å². The Labute approximate surface area is 145 Å². The van der Waals surface area contributed by atoms with E-state index in [2.05, 4.69) is 21.9 Å². The number of thioether (sulfide) groups is 1. The van der Waals surface area contributed by atoms with Crippen LogP contribution in [0.4, 0.5) is 10.1 Å². The van der Waals surface area contributed by atoms with Crippen LogP contribution in [0.5, 0.6) is 0 Å². The van der Waals surface area contributed by atoms with Crippen LogP contribution < -0.4 is 4.90 Å². The fourth-order valence-electron chi connectivity index (χ4n) is 2.42. The Morgan fingerprint density at radius 1 is 1.12 bits per heavy atom. The van der Waals surface area contributed by atoms with Crippen molar-refractivity contribution < 1.29 is 4.39 Å². The Kier molecular flexibility index (Phi) is 5.15. The summed E-state index contributed by atoms with van der Waals surface area (Å²) in [4.78, 5) is 10.7. The van der Waals surface area contributed by atoms with Crippen LogP contribution >= 0.6 is 11.8 Å². The van der Waals surface area contributed by atoms with E-state index in [-0.39, 0.29) is 5.82 Å². The Morgan fingerprint density at radius 2 is 1.83 bits per heavy atom. The molecule has 3 aromatic rings. The van der Waals surface area contributed by atoms with Crippen molar-refractivity contribution in [2.75, 3.05) is 24.2 Å². The summed E-state index contributed by atoms with van der Waals surface area (Å²) >= 11 is 1.71.